The summed E-state index contributed by atoms with van der Waals surface area (Å²) in [5.74, 6) is 1.23. The Morgan fingerprint density at radius 3 is 1.86 bits per heavy atom. The Morgan fingerprint density at radius 2 is 1.12 bits per heavy atom. The molecule has 0 aliphatic carbocycles. The first-order chi connectivity index (χ1) is 24.1. The predicted molar refractivity (Wildman–Crippen MR) is 212 cm³/mol. The van der Waals surface area contributed by atoms with Crippen molar-refractivity contribution in [3.8, 4) is 11.1 Å². The van der Waals surface area contributed by atoms with Crippen molar-refractivity contribution >= 4 is 81.5 Å². The van der Waals surface area contributed by atoms with Crippen LogP contribution in [0.15, 0.2) is 174 Å². The van der Waals surface area contributed by atoms with E-state index in [1.54, 1.807) is 0 Å². The molecule has 0 atom stereocenters. The number of aliphatic imine (C=N–C) groups is 2. The van der Waals surface area contributed by atoms with Gasteiger partial charge in [0.15, 0.2) is 5.84 Å². The van der Waals surface area contributed by atoms with Crippen LogP contribution in [0, 0.1) is 0 Å². The van der Waals surface area contributed by atoms with E-state index >= 15 is 0 Å². The number of benzene rings is 7. The largest absolute Gasteiger partial charge is 0.294 e. The van der Waals surface area contributed by atoms with Crippen molar-refractivity contribution in [2.75, 3.05) is 0 Å². The van der Waals surface area contributed by atoms with Crippen molar-refractivity contribution in [3.05, 3.63) is 175 Å². The number of nitrogens with zero attached hydrogens (tertiary/aromatic N) is 3. The van der Waals surface area contributed by atoms with Gasteiger partial charge in [-0.05, 0) is 58.7 Å². The van der Waals surface area contributed by atoms with Gasteiger partial charge in [-0.2, -0.15) is 0 Å². The molecular weight excluding hydrogens is 615 g/mol. The van der Waals surface area contributed by atoms with E-state index in [2.05, 4.69) is 170 Å². The van der Waals surface area contributed by atoms with Crippen LogP contribution in [-0.2, 0) is 0 Å². The van der Waals surface area contributed by atoms with Gasteiger partial charge in [0.25, 0.3) is 0 Å². The van der Waals surface area contributed by atoms with Gasteiger partial charge in [0, 0.05) is 42.2 Å². The highest BCUT2D eigenvalue weighted by Gasteiger charge is 2.15. The van der Waals surface area contributed by atoms with E-state index in [4.69, 9.17) is 9.98 Å². The average Bonchev–Trinajstić information content (AvgIpc) is 3.71. The van der Waals surface area contributed by atoms with E-state index < -0.39 is 0 Å². The third kappa shape index (κ3) is 5.05. The van der Waals surface area contributed by atoms with Crippen LogP contribution in [0.3, 0.4) is 0 Å². The number of hydrogen-bond acceptors (Lipinski definition) is 2. The molecule has 0 saturated carbocycles. The Bertz CT molecular complexity index is 2730. The molecule has 0 fully saturated rings. The maximum absolute atomic E-state index is 5.23. The quantitative estimate of drug-likeness (QED) is 0.132. The number of para-hydroxylation sites is 2. The average molecular weight is 646 g/mol. The molecule has 9 aromatic rings. The van der Waals surface area contributed by atoms with E-state index in [0.717, 1.165) is 33.3 Å². The van der Waals surface area contributed by atoms with E-state index in [1.165, 1.54) is 47.5 Å². The van der Waals surface area contributed by atoms with Crippen LogP contribution in [0.4, 0.5) is 0 Å². The van der Waals surface area contributed by atoms with Gasteiger partial charge in [-0.25, -0.2) is 9.98 Å². The van der Waals surface area contributed by atoms with Crippen molar-refractivity contribution in [1.82, 2.24) is 4.57 Å². The van der Waals surface area contributed by atoms with Crippen molar-refractivity contribution in [1.29, 1.82) is 0 Å². The summed E-state index contributed by atoms with van der Waals surface area (Å²) in [4.78, 5) is 10.5. The molecule has 232 valence electrons. The van der Waals surface area contributed by atoms with Gasteiger partial charge in [0.1, 0.15) is 5.82 Å². The first kappa shape index (κ1) is 29.1. The minimum Gasteiger partial charge on any atom is -0.294 e. The van der Waals surface area contributed by atoms with E-state index in [9.17, 15) is 0 Å². The predicted octanol–water partition coefficient (Wildman–Crippen LogP) is 12.4. The van der Waals surface area contributed by atoms with Gasteiger partial charge < -0.3 is 0 Å². The molecule has 9 rings (SSSR count). The maximum atomic E-state index is 5.23. The monoisotopic (exact) mass is 645 g/mol. The molecule has 7 aromatic carbocycles. The highest BCUT2D eigenvalue weighted by Crippen LogP contribution is 2.39. The molecule has 49 heavy (non-hydrogen) atoms. The zero-order valence-corrected chi connectivity index (χ0v) is 27.8. The third-order valence-electron chi connectivity index (χ3n) is 9.37. The Balaban J connectivity index is 1.19. The molecule has 3 nitrogen and oxygen atoms in total. The molecule has 2 heterocycles. The molecule has 0 bridgehead atoms. The fourth-order valence-electron chi connectivity index (χ4n) is 6.94. The van der Waals surface area contributed by atoms with Crippen LogP contribution < -0.4 is 0 Å². The lowest BCUT2D eigenvalue weighted by molar-refractivity contribution is 1.18. The molecule has 0 amide bonds. The number of aromatic nitrogens is 1. The SMILES string of the molecule is C=C(N=C(N=C(C)c1ccc(-c2ccccc2)cc1)c1ccc2c(ccc3c4ccccc4sc23)c1)n1c2ccccc2c2ccccc21. The van der Waals surface area contributed by atoms with E-state index in [0.29, 0.717) is 11.7 Å². The molecule has 0 radical (unpaired) electrons. The number of thiophene rings is 1. The summed E-state index contributed by atoms with van der Waals surface area (Å²) < 4.78 is 4.75. The van der Waals surface area contributed by atoms with Crippen LogP contribution in [-0.4, -0.2) is 16.1 Å². The second-order valence-electron chi connectivity index (χ2n) is 12.3. The second kappa shape index (κ2) is 11.9. The highest BCUT2D eigenvalue weighted by molar-refractivity contribution is 7.26. The van der Waals surface area contributed by atoms with Gasteiger partial charge in [-0.15, -0.1) is 11.3 Å². The molecule has 0 aliphatic rings. The van der Waals surface area contributed by atoms with Crippen molar-refractivity contribution in [3.63, 3.8) is 0 Å². The molecule has 0 aliphatic heterocycles. The van der Waals surface area contributed by atoms with E-state index in [-0.39, 0.29) is 0 Å². The molecule has 0 spiro atoms. The van der Waals surface area contributed by atoms with Gasteiger partial charge in [0.2, 0.25) is 0 Å². The molecular formula is C45H31N3S. The van der Waals surface area contributed by atoms with Gasteiger partial charge in [-0.1, -0.05) is 140 Å². The third-order valence-corrected chi connectivity index (χ3v) is 10.6. The smallest absolute Gasteiger partial charge is 0.161 e. The molecule has 0 N–H and O–H groups in total. The van der Waals surface area contributed by atoms with Crippen molar-refractivity contribution < 1.29 is 0 Å². The first-order valence-corrected chi connectivity index (χ1v) is 17.3. The molecule has 4 heteroatoms. The minimum atomic E-state index is 0.614. The molecule has 2 aromatic heterocycles. The topological polar surface area (TPSA) is 29.6 Å². The summed E-state index contributed by atoms with van der Waals surface area (Å²) in [5, 5.41) is 7.34. The van der Waals surface area contributed by atoms with Gasteiger partial charge in [-0.3, -0.25) is 4.57 Å². The van der Waals surface area contributed by atoms with E-state index in [1.807, 2.05) is 17.4 Å². The summed E-state index contributed by atoms with van der Waals surface area (Å²) in [6.07, 6.45) is 0. The zero-order chi connectivity index (χ0) is 32.9. The fraction of sp³-hybridized carbons (Fsp3) is 0.0222. The summed E-state index contributed by atoms with van der Waals surface area (Å²) in [5.41, 5.74) is 7.37. The fourth-order valence-corrected chi connectivity index (χ4v) is 8.17. The van der Waals surface area contributed by atoms with Gasteiger partial charge in [0.05, 0.1) is 11.0 Å². The van der Waals surface area contributed by atoms with Crippen LogP contribution in [0.2, 0.25) is 0 Å². The molecule has 0 saturated heterocycles. The second-order valence-corrected chi connectivity index (χ2v) is 13.4. The molecule has 0 unspecified atom stereocenters. The van der Waals surface area contributed by atoms with Crippen LogP contribution in [0.1, 0.15) is 18.1 Å². The number of amidine groups is 1. The van der Waals surface area contributed by atoms with Crippen molar-refractivity contribution in [2.45, 2.75) is 6.92 Å². The summed E-state index contributed by atoms with van der Waals surface area (Å²) in [6, 6.07) is 55.6. The van der Waals surface area contributed by atoms with Crippen molar-refractivity contribution in [2.24, 2.45) is 9.98 Å². The number of fused-ring (bicyclic) bond motifs is 8. The Hall–Kier alpha value is -6.10. The Kier molecular flexibility index (Phi) is 7.03. The van der Waals surface area contributed by atoms with Crippen LogP contribution in [0.5, 0.6) is 0 Å². The lowest BCUT2D eigenvalue weighted by atomic mass is 10.0. The maximum Gasteiger partial charge on any atom is 0.161 e. The summed E-state index contributed by atoms with van der Waals surface area (Å²) in [7, 11) is 0. The normalized spacial score (nSPS) is 12.5. The van der Waals surface area contributed by atoms with Crippen LogP contribution in [0.25, 0.3) is 69.7 Å². The standard InChI is InChI=1S/C45H31N3S/c1-29(31-20-22-33(23-21-31)32-12-4-3-5-13-32)46-45(47-30(2)48-41-17-9-6-14-37(41)38-15-7-10-18-42(38)48)35-25-26-36-34(28-35)24-27-40-39-16-8-11-19-43(39)49-44(36)40/h3-28H,2H2,1H3. The number of hydrogen-bond donors (Lipinski definition) is 0. The Morgan fingerprint density at radius 1 is 0.531 bits per heavy atom. The lowest BCUT2D eigenvalue weighted by Gasteiger charge is -2.11. The highest BCUT2D eigenvalue weighted by atomic mass is 32.1. The lowest BCUT2D eigenvalue weighted by Crippen LogP contribution is -2.06. The van der Waals surface area contributed by atoms with Crippen LogP contribution >= 0.6 is 11.3 Å². The Labute approximate surface area is 288 Å². The summed E-state index contributed by atoms with van der Waals surface area (Å²) >= 11 is 1.85. The number of rotatable bonds is 5. The van der Waals surface area contributed by atoms with Gasteiger partial charge >= 0.3 is 0 Å². The first-order valence-electron chi connectivity index (χ1n) is 16.4. The summed E-state index contributed by atoms with van der Waals surface area (Å²) in [6.45, 7) is 6.58. The minimum absolute atomic E-state index is 0.614. The zero-order valence-electron chi connectivity index (χ0n) is 27.0.